The number of hydrogen-bond acceptors (Lipinski definition) is 5. The number of urea groups is 1. The van der Waals surface area contributed by atoms with Crippen LogP contribution < -0.4 is 5.32 Å². The van der Waals surface area contributed by atoms with Gasteiger partial charge in [-0.2, -0.15) is 0 Å². The molecule has 0 unspecified atom stereocenters. The van der Waals surface area contributed by atoms with Crippen LogP contribution >= 0.6 is 0 Å². The summed E-state index contributed by atoms with van der Waals surface area (Å²) in [6, 6.07) is -0.196. The molecule has 7 nitrogen and oxygen atoms in total. The van der Waals surface area contributed by atoms with Crippen molar-refractivity contribution in [1.82, 2.24) is 20.0 Å². The largest absolute Gasteiger partial charge is 0.336 e. The van der Waals surface area contributed by atoms with Crippen molar-refractivity contribution < 1.29 is 18.8 Å². The van der Waals surface area contributed by atoms with Gasteiger partial charge >= 0.3 is 6.03 Å². The number of alkyl halides is 1. The van der Waals surface area contributed by atoms with Gasteiger partial charge in [-0.25, -0.2) is 9.18 Å². The minimum absolute atomic E-state index is 0.0794. The van der Waals surface area contributed by atoms with Gasteiger partial charge in [0.2, 0.25) is 5.91 Å². The van der Waals surface area contributed by atoms with Crippen molar-refractivity contribution in [2.45, 2.75) is 45.1 Å². The zero-order chi connectivity index (χ0) is 20.7. The normalized spacial score (nSPS) is 25.5. The van der Waals surface area contributed by atoms with Crippen molar-refractivity contribution in [3.05, 3.63) is 0 Å². The molecule has 2 rings (SSSR count). The molecule has 0 spiro atoms. The molecule has 0 bridgehead atoms. The number of nitrogens with zero attached hydrogens (tertiary/aromatic N) is 3. The maximum Gasteiger partial charge on any atom is 0.324 e. The first kappa shape index (κ1) is 22.7. The van der Waals surface area contributed by atoms with Crippen molar-refractivity contribution in [1.29, 1.82) is 0 Å². The van der Waals surface area contributed by atoms with Gasteiger partial charge in [0.1, 0.15) is 12.5 Å². The summed E-state index contributed by atoms with van der Waals surface area (Å²) in [7, 11) is 3.84. The minimum atomic E-state index is -0.470. The molecule has 8 heteroatoms. The van der Waals surface area contributed by atoms with Crippen molar-refractivity contribution in [2.75, 3.05) is 53.5 Å². The highest BCUT2D eigenvalue weighted by Crippen LogP contribution is 2.37. The van der Waals surface area contributed by atoms with Crippen LogP contribution in [-0.4, -0.2) is 92.0 Å². The molecule has 3 atom stereocenters. The SMILES string of the molecule is CCCN(C(=O)NCCN(C)C)C(=O)[C@@H]1C[C@@H]2CC(=O)CC[C@H]2N(CCF)C1. The van der Waals surface area contributed by atoms with Crippen LogP contribution in [0.4, 0.5) is 9.18 Å². The van der Waals surface area contributed by atoms with Gasteiger partial charge in [-0.3, -0.25) is 19.4 Å². The summed E-state index contributed by atoms with van der Waals surface area (Å²) in [5.74, 6) is -0.272. The molecule has 1 aliphatic carbocycles. The molecule has 2 aliphatic rings. The van der Waals surface area contributed by atoms with E-state index in [-0.39, 0.29) is 42.1 Å². The Morgan fingerprint density at radius 3 is 2.68 bits per heavy atom. The summed E-state index contributed by atoms with van der Waals surface area (Å²) in [5, 5.41) is 2.82. The Balaban J connectivity index is 2.07. The number of fused-ring (bicyclic) bond motifs is 1. The smallest absolute Gasteiger partial charge is 0.324 e. The number of likely N-dealkylation sites (N-methyl/N-ethyl adjacent to an activating group) is 1. The molecule has 0 radical (unpaired) electrons. The summed E-state index contributed by atoms with van der Waals surface area (Å²) in [4.78, 5) is 43.0. The van der Waals surface area contributed by atoms with Gasteiger partial charge in [0.25, 0.3) is 0 Å². The Morgan fingerprint density at radius 1 is 1.29 bits per heavy atom. The van der Waals surface area contributed by atoms with Crippen LogP contribution in [-0.2, 0) is 9.59 Å². The van der Waals surface area contributed by atoms with E-state index < -0.39 is 6.67 Å². The van der Waals surface area contributed by atoms with Crippen LogP contribution in [0.15, 0.2) is 0 Å². The Bertz CT molecular complexity index is 558. The third-order valence-corrected chi connectivity index (χ3v) is 5.78. The molecule has 1 N–H and O–H groups in total. The number of rotatable bonds is 8. The number of nitrogens with one attached hydrogen (secondary N) is 1. The summed E-state index contributed by atoms with van der Waals surface area (Å²) in [6.07, 6.45) is 3.02. The van der Waals surface area contributed by atoms with Gasteiger partial charge in [-0.05, 0) is 39.3 Å². The van der Waals surface area contributed by atoms with Gasteiger partial charge in [0.05, 0.1) is 5.92 Å². The van der Waals surface area contributed by atoms with E-state index in [2.05, 4.69) is 5.32 Å². The third kappa shape index (κ3) is 5.98. The van der Waals surface area contributed by atoms with Gasteiger partial charge in [0.15, 0.2) is 0 Å². The van der Waals surface area contributed by atoms with Crippen molar-refractivity contribution >= 4 is 17.7 Å². The average molecular weight is 399 g/mol. The lowest BCUT2D eigenvalue weighted by molar-refractivity contribution is -0.139. The summed E-state index contributed by atoms with van der Waals surface area (Å²) < 4.78 is 13.1. The van der Waals surface area contributed by atoms with Crippen LogP contribution in [0, 0.1) is 11.8 Å². The van der Waals surface area contributed by atoms with Crippen LogP contribution in [0.1, 0.15) is 39.0 Å². The van der Waals surface area contributed by atoms with E-state index in [4.69, 9.17) is 0 Å². The van der Waals surface area contributed by atoms with E-state index in [0.717, 1.165) is 6.42 Å². The molecule has 0 aromatic heterocycles. The summed E-state index contributed by atoms with van der Waals surface area (Å²) >= 11 is 0. The molecule has 0 aromatic rings. The quantitative estimate of drug-likeness (QED) is 0.671. The van der Waals surface area contributed by atoms with Crippen LogP contribution in [0.2, 0.25) is 0 Å². The van der Waals surface area contributed by atoms with E-state index in [0.29, 0.717) is 51.9 Å². The number of carbonyl (C=O) groups is 3. The average Bonchev–Trinajstić information content (AvgIpc) is 2.64. The van der Waals surface area contributed by atoms with Crippen molar-refractivity contribution in [3.8, 4) is 0 Å². The second kappa shape index (κ2) is 10.9. The Kier molecular flexibility index (Phi) is 8.82. The highest BCUT2D eigenvalue weighted by atomic mass is 19.1. The number of piperidine rings is 1. The van der Waals surface area contributed by atoms with E-state index in [1.54, 1.807) is 0 Å². The first-order valence-electron chi connectivity index (χ1n) is 10.4. The fraction of sp³-hybridized carbons (Fsp3) is 0.850. The van der Waals surface area contributed by atoms with Gasteiger partial charge < -0.3 is 10.2 Å². The first-order chi connectivity index (χ1) is 13.4. The predicted octanol–water partition coefficient (Wildman–Crippen LogP) is 1.53. The maximum atomic E-state index is 13.2. The van der Waals surface area contributed by atoms with Gasteiger partial charge in [-0.1, -0.05) is 6.92 Å². The molecular formula is C20H35FN4O3. The second-order valence-corrected chi connectivity index (χ2v) is 8.25. The molecule has 2 fully saturated rings. The number of likely N-dealkylation sites (tertiary alicyclic amines) is 1. The molecule has 0 aromatic carbocycles. The number of amides is 3. The highest BCUT2D eigenvalue weighted by Gasteiger charge is 2.43. The summed E-state index contributed by atoms with van der Waals surface area (Å²) in [5.41, 5.74) is 0. The number of imide groups is 1. The lowest BCUT2D eigenvalue weighted by Gasteiger charge is -2.46. The molecule has 3 amide bonds. The lowest BCUT2D eigenvalue weighted by Crippen LogP contribution is -2.56. The number of carbonyl (C=O) groups excluding carboxylic acids is 3. The van der Waals surface area contributed by atoms with Crippen molar-refractivity contribution in [3.63, 3.8) is 0 Å². The maximum absolute atomic E-state index is 13.2. The highest BCUT2D eigenvalue weighted by molar-refractivity contribution is 5.95. The third-order valence-electron chi connectivity index (χ3n) is 5.78. The predicted molar refractivity (Wildman–Crippen MR) is 106 cm³/mol. The second-order valence-electron chi connectivity index (χ2n) is 8.25. The Hall–Kier alpha value is -1.54. The fourth-order valence-corrected chi connectivity index (χ4v) is 4.44. The molecule has 160 valence electrons. The van der Waals surface area contributed by atoms with E-state index in [1.807, 2.05) is 30.8 Å². The van der Waals surface area contributed by atoms with Crippen LogP contribution in [0.25, 0.3) is 0 Å². The van der Waals surface area contributed by atoms with E-state index in [1.165, 1.54) is 4.90 Å². The first-order valence-corrected chi connectivity index (χ1v) is 10.4. The molecule has 1 aliphatic heterocycles. The Labute approximate surface area is 167 Å². The topological polar surface area (TPSA) is 73.0 Å². The lowest BCUT2D eigenvalue weighted by atomic mass is 9.74. The van der Waals surface area contributed by atoms with Crippen LogP contribution in [0.5, 0.6) is 0 Å². The number of hydrogen-bond donors (Lipinski definition) is 1. The molecule has 1 saturated heterocycles. The zero-order valence-corrected chi connectivity index (χ0v) is 17.5. The minimum Gasteiger partial charge on any atom is -0.336 e. The van der Waals surface area contributed by atoms with Crippen molar-refractivity contribution in [2.24, 2.45) is 11.8 Å². The van der Waals surface area contributed by atoms with E-state index >= 15 is 0 Å². The number of halogens is 1. The molecule has 1 saturated carbocycles. The summed E-state index contributed by atoms with van der Waals surface area (Å²) in [6.45, 7) is 3.72. The van der Waals surface area contributed by atoms with E-state index in [9.17, 15) is 18.8 Å². The Morgan fingerprint density at radius 2 is 2.04 bits per heavy atom. The molecule has 1 heterocycles. The molecular weight excluding hydrogens is 363 g/mol. The zero-order valence-electron chi connectivity index (χ0n) is 17.5. The standard InChI is InChI=1S/C20H35FN4O3/c1-4-9-25(20(28)22-8-11-23(2)3)19(27)16-12-15-13-17(26)5-6-18(15)24(14-16)10-7-21/h15-16,18H,4-14H2,1-3H3,(H,22,28)/t15-,16-,18-/m1/s1. The number of ketones is 1. The van der Waals surface area contributed by atoms with Gasteiger partial charge in [0, 0.05) is 51.6 Å². The van der Waals surface area contributed by atoms with Gasteiger partial charge in [-0.15, -0.1) is 0 Å². The molecule has 28 heavy (non-hydrogen) atoms. The fourth-order valence-electron chi connectivity index (χ4n) is 4.44. The van der Waals surface area contributed by atoms with Crippen LogP contribution in [0.3, 0.4) is 0 Å². The number of Topliss-reactive ketones (excluding diaryl/α,β-unsaturated/α-hetero) is 1. The monoisotopic (exact) mass is 398 g/mol.